The maximum absolute atomic E-state index is 13.0. The highest BCUT2D eigenvalue weighted by molar-refractivity contribution is 7.09. The number of hydrogen-bond acceptors (Lipinski definition) is 5. The second-order valence-electron chi connectivity index (χ2n) is 8.13. The van der Waals surface area contributed by atoms with Crippen LogP contribution in [0.4, 0.5) is 0 Å². The molecule has 1 aliphatic rings. The number of rotatable bonds is 10. The van der Waals surface area contributed by atoms with Gasteiger partial charge in [-0.1, -0.05) is 19.4 Å². The van der Waals surface area contributed by atoms with Crippen LogP contribution in [0.1, 0.15) is 46.4 Å². The molecule has 1 fully saturated rings. The molecule has 1 saturated heterocycles. The highest BCUT2D eigenvalue weighted by Gasteiger charge is 2.23. The van der Waals surface area contributed by atoms with Crippen molar-refractivity contribution in [1.29, 1.82) is 0 Å². The molecule has 0 atom stereocenters. The average molecular weight is 431 g/mol. The first-order chi connectivity index (χ1) is 14.5. The van der Waals surface area contributed by atoms with Crippen LogP contribution in [0, 0.1) is 13.8 Å². The fourth-order valence-electron chi connectivity index (χ4n) is 3.94. The number of aryl methyl sites for hydroxylation is 1. The SMILES string of the molecule is CCCCNC(=O)CN1CCN(CC(=O)c2cc(C)n(Cc3cccs3)c2C)CC1. The van der Waals surface area contributed by atoms with E-state index in [-0.39, 0.29) is 11.7 Å². The molecule has 0 unspecified atom stereocenters. The Morgan fingerprint density at radius 3 is 2.43 bits per heavy atom. The Labute approximate surface area is 183 Å². The van der Waals surface area contributed by atoms with Gasteiger partial charge in [0.2, 0.25) is 5.91 Å². The van der Waals surface area contributed by atoms with Gasteiger partial charge in [-0.2, -0.15) is 0 Å². The van der Waals surface area contributed by atoms with E-state index in [1.165, 1.54) is 4.88 Å². The Bertz CT molecular complexity index is 836. The molecule has 0 bridgehead atoms. The van der Waals surface area contributed by atoms with E-state index in [0.29, 0.717) is 13.1 Å². The van der Waals surface area contributed by atoms with Gasteiger partial charge in [-0.3, -0.25) is 19.4 Å². The summed E-state index contributed by atoms with van der Waals surface area (Å²) in [4.78, 5) is 30.7. The quantitative estimate of drug-likeness (QED) is 0.465. The number of nitrogens with zero attached hydrogens (tertiary/aromatic N) is 3. The zero-order valence-electron chi connectivity index (χ0n) is 18.4. The van der Waals surface area contributed by atoms with Gasteiger partial charge in [0.25, 0.3) is 0 Å². The number of carbonyl (C=O) groups excluding carboxylic acids is 2. The van der Waals surface area contributed by atoms with Crippen LogP contribution in [0.3, 0.4) is 0 Å². The van der Waals surface area contributed by atoms with Gasteiger partial charge in [-0.05, 0) is 37.8 Å². The Hall–Kier alpha value is -1.96. The highest BCUT2D eigenvalue weighted by atomic mass is 32.1. The van der Waals surface area contributed by atoms with Crippen molar-refractivity contribution in [2.24, 2.45) is 0 Å². The van der Waals surface area contributed by atoms with Crippen molar-refractivity contribution in [2.45, 2.75) is 40.2 Å². The first kappa shape index (κ1) is 22.7. The molecule has 6 nitrogen and oxygen atoms in total. The van der Waals surface area contributed by atoms with Gasteiger partial charge in [0, 0.05) is 54.6 Å². The Balaban J connectivity index is 1.48. The zero-order chi connectivity index (χ0) is 21.5. The van der Waals surface area contributed by atoms with Gasteiger partial charge in [-0.15, -0.1) is 11.3 Å². The Kier molecular flexibility index (Phi) is 8.24. The summed E-state index contributed by atoms with van der Waals surface area (Å²) < 4.78 is 2.23. The van der Waals surface area contributed by atoms with E-state index in [1.54, 1.807) is 11.3 Å². The van der Waals surface area contributed by atoms with Gasteiger partial charge >= 0.3 is 0 Å². The number of Topliss-reactive ketones (excluding diaryl/α,β-unsaturated/α-hetero) is 1. The minimum absolute atomic E-state index is 0.103. The van der Waals surface area contributed by atoms with Crippen LogP contribution in [0.15, 0.2) is 23.6 Å². The first-order valence-corrected chi connectivity index (χ1v) is 11.8. The maximum atomic E-state index is 13.0. The van der Waals surface area contributed by atoms with Crippen LogP contribution in [0.2, 0.25) is 0 Å². The van der Waals surface area contributed by atoms with E-state index >= 15 is 0 Å². The molecule has 0 radical (unpaired) electrons. The van der Waals surface area contributed by atoms with Crippen LogP contribution in [0.5, 0.6) is 0 Å². The summed E-state index contributed by atoms with van der Waals surface area (Å²) in [6.07, 6.45) is 2.11. The molecule has 1 N–H and O–H groups in total. The number of unbranched alkanes of at least 4 members (excludes halogenated alkanes) is 1. The van der Waals surface area contributed by atoms with E-state index in [1.807, 2.05) is 13.0 Å². The molecule has 1 amide bonds. The summed E-state index contributed by atoms with van der Waals surface area (Å²) in [5.74, 6) is 0.289. The minimum Gasteiger partial charge on any atom is -0.355 e. The third-order valence-corrected chi connectivity index (χ3v) is 6.68. The molecule has 7 heteroatoms. The fraction of sp³-hybridized carbons (Fsp3) is 0.565. The van der Waals surface area contributed by atoms with Crippen LogP contribution in [-0.4, -0.2) is 71.9 Å². The van der Waals surface area contributed by atoms with Crippen molar-refractivity contribution >= 4 is 23.0 Å². The van der Waals surface area contributed by atoms with Crippen LogP contribution in [-0.2, 0) is 11.3 Å². The molecule has 3 rings (SSSR count). The number of nitrogens with one attached hydrogen (secondary N) is 1. The van der Waals surface area contributed by atoms with Crippen molar-refractivity contribution in [1.82, 2.24) is 19.7 Å². The highest BCUT2D eigenvalue weighted by Crippen LogP contribution is 2.20. The van der Waals surface area contributed by atoms with Crippen molar-refractivity contribution in [3.05, 3.63) is 45.4 Å². The molecule has 3 heterocycles. The van der Waals surface area contributed by atoms with E-state index < -0.39 is 0 Å². The molecule has 2 aromatic rings. The van der Waals surface area contributed by atoms with Crippen molar-refractivity contribution in [3.63, 3.8) is 0 Å². The molecule has 0 saturated carbocycles. The second-order valence-corrected chi connectivity index (χ2v) is 9.16. The summed E-state index contributed by atoms with van der Waals surface area (Å²) in [7, 11) is 0. The fourth-order valence-corrected chi connectivity index (χ4v) is 4.64. The maximum Gasteiger partial charge on any atom is 0.234 e. The average Bonchev–Trinajstić information content (AvgIpc) is 3.33. The van der Waals surface area contributed by atoms with E-state index in [0.717, 1.165) is 69.1 Å². The second kappa shape index (κ2) is 10.9. The van der Waals surface area contributed by atoms with Gasteiger partial charge in [-0.25, -0.2) is 0 Å². The van der Waals surface area contributed by atoms with Gasteiger partial charge in [0.1, 0.15) is 0 Å². The molecular weight excluding hydrogens is 396 g/mol. The summed E-state index contributed by atoms with van der Waals surface area (Å²) >= 11 is 1.74. The molecular formula is C23H34N4O2S. The zero-order valence-corrected chi connectivity index (χ0v) is 19.3. The third kappa shape index (κ3) is 6.03. The first-order valence-electron chi connectivity index (χ1n) is 10.9. The predicted octanol–water partition coefficient (Wildman–Crippen LogP) is 2.93. The normalized spacial score (nSPS) is 15.4. The lowest BCUT2D eigenvalue weighted by Gasteiger charge is -2.33. The molecule has 0 aromatic carbocycles. The number of piperazine rings is 1. The Morgan fingerprint density at radius 1 is 1.10 bits per heavy atom. The van der Waals surface area contributed by atoms with Crippen LogP contribution in [0.25, 0.3) is 0 Å². The summed E-state index contributed by atoms with van der Waals surface area (Å²) in [6.45, 7) is 12.0. The molecule has 0 spiro atoms. The smallest absolute Gasteiger partial charge is 0.234 e. The number of amides is 1. The lowest BCUT2D eigenvalue weighted by molar-refractivity contribution is -0.122. The largest absolute Gasteiger partial charge is 0.355 e. The lowest BCUT2D eigenvalue weighted by atomic mass is 10.1. The van der Waals surface area contributed by atoms with Crippen molar-refractivity contribution < 1.29 is 9.59 Å². The van der Waals surface area contributed by atoms with Gasteiger partial charge < -0.3 is 9.88 Å². The van der Waals surface area contributed by atoms with Gasteiger partial charge in [0.05, 0.1) is 19.6 Å². The monoisotopic (exact) mass is 430 g/mol. The van der Waals surface area contributed by atoms with E-state index in [9.17, 15) is 9.59 Å². The van der Waals surface area contributed by atoms with E-state index in [2.05, 4.69) is 51.0 Å². The van der Waals surface area contributed by atoms with E-state index in [4.69, 9.17) is 0 Å². The molecule has 1 aliphatic heterocycles. The van der Waals surface area contributed by atoms with Crippen molar-refractivity contribution in [3.8, 4) is 0 Å². The molecule has 2 aromatic heterocycles. The Morgan fingerprint density at radius 2 is 1.80 bits per heavy atom. The summed E-state index contributed by atoms with van der Waals surface area (Å²) in [5.41, 5.74) is 3.01. The number of thiophene rings is 1. The number of hydrogen-bond donors (Lipinski definition) is 1. The topological polar surface area (TPSA) is 57.6 Å². The lowest BCUT2D eigenvalue weighted by Crippen LogP contribution is -2.50. The minimum atomic E-state index is 0.103. The standard InChI is InChI=1S/C23H34N4O2S/c1-4-5-8-24-23(29)17-26-11-9-25(10-12-26)16-22(28)21-14-18(2)27(19(21)3)15-20-7-6-13-30-20/h6-7,13-14H,4-5,8-12,15-17H2,1-3H3,(H,24,29). The number of aromatic nitrogens is 1. The molecule has 164 valence electrons. The molecule has 0 aliphatic carbocycles. The summed E-state index contributed by atoms with van der Waals surface area (Å²) in [6, 6.07) is 6.23. The third-order valence-electron chi connectivity index (χ3n) is 5.82. The van der Waals surface area contributed by atoms with Crippen LogP contribution >= 0.6 is 11.3 Å². The number of carbonyl (C=O) groups is 2. The number of ketones is 1. The van der Waals surface area contributed by atoms with Crippen LogP contribution < -0.4 is 5.32 Å². The van der Waals surface area contributed by atoms with Gasteiger partial charge in [0.15, 0.2) is 5.78 Å². The molecule has 30 heavy (non-hydrogen) atoms. The predicted molar refractivity (Wildman–Crippen MR) is 122 cm³/mol. The summed E-state index contributed by atoms with van der Waals surface area (Å²) in [5, 5.41) is 5.06. The van der Waals surface area contributed by atoms with Crippen molar-refractivity contribution in [2.75, 3.05) is 45.8 Å².